The van der Waals surface area contributed by atoms with Crippen LogP contribution >= 0.6 is 0 Å². The van der Waals surface area contributed by atoms with Gasteiger partial charge in [-0.15, -0.1) is 0 Å². The summed E-state index contributed by atoms with van der Waals surface area (Å²) in [5.41, 5.74) is 1.79. The summed E-state index contributed by atoms with van der Waals surface area (Å²) in [5.74, 6) is 0. The maximum Gasteiger partial charge on any atom is -1.00 e. The Labute approximate surface area is 139 Å². The van der Waals surface area contributed by atoms with Crippen LogP contribution in [-0.4, -0.2) is 16.3 Å². The van der Waals surface area contributed by atoms with Crippen molar-refractivity contribution in [1.29, 1.82) is 0 Å². The van der Waals surface area contributed by atoms with E-state index in [1.54, 1.807) is 5.70 Å². The molecule has 0 aromatic rings. The summed E-state index contributed by atoms with van der Waals surface area (Å²) < 4.78 is 2.89. The maximum atomic E-state index is 2.89. The van der Waals surface area contributed by atoms with Gasteiger partial charge >= 0.3 is 115 Å². The molecule has 0 aromatic carbocycles. The summed E-state index contributed by atoms with van der Waals surface area (Å²) in [7, 11) is -0.0594. The number of allylic oxidation sites excluding steroid dienone is 3. The van der Waals surface area contributed by atoms with Crippen LogP contribution in [0.1, 0.15) is 34.1 Å². The largest absolute Gasteiger partial charge is 1.00 e. The molecule has 0 bridgehead atoms. The van der Waals surface area contributed by atoms with Crippen molar-refractivity contribution < 1.29 is 38.3 Å². The van der Waals surface area contributed by atoms with E-state index in [4.69, 9.17) is 0 Å². The molecule has 0 unspecified atom stereocenters. The number of nitrogens with zero attached hydrogens (tertiary/aromatic N) is 1. The zero-order chi connectivity index (χ0) is 14.3. The van der Waals surface area contributed by atoms with Gasteiger partial charge in [-0.05, 0) is 0 Å². The minimum absolute atomic E-state index is 0. The van der Waals surface area contributed by atoms with Crippen molar-refractivity contribution in [3.05, 3.63) is 23.9 Å². The van der Waals surface area contributed by atoms with E-state index in [9.17, 15) is 0 Å². The first-order valence-electron chi connectivity index (χ1n) is 7.45. The van der Waals surface area contributed by atoms with E-state index in [-0.39, 0.29) is 37.7 Å². The molecule has 0 aromatic heterocycles. The molecule has 0 amide bonds. The fraction of sp³-hybridized carbons (Fsp3) is 0.733. The molecule has 0 aliphatic heterocycles. The SMILES string of the molecule is CC[SiH2][Ti+2]([CH3])([CH3])([CH3])([CH3])[N](C1=CC=CC1)C(C)(C)C.[Cl-].[Cl-]. The third-order valence-electron chi connectivity index (χ3n) is 4.12. The van der Waals surface area contributed by atoms with Crippen LogP contribution in [0, 0.1) is 0 Å². The first-order valence-corrected chi connectivity index (χ1v) is 19.4. The Kier molecular flexibility index (Phi) is 7.06. The molecule has 0 radical (unpaired) electrons. The van der Waals surface area contributed by atoms with Crippen molar-refractivity contribution in [3.8, 4) is 0 Å². The van der Waals surface area contributed by atoms with E-state index in [2.05, 4.69) is 70.2 Å². The number of hydrogen-bond acceptors (Lipinski definition) is 1. The molecule has 0 fully saturated rings. The van der Waals surface area contributed by atoms with Gasteiger partial charge in [0.2, 0.25) is 0 Å². The third kappa shape index (κ3) is 5.21. The zero-order valence-corrected chi connectivity index (χ0v) is 19.0. The summed E-state index contributed by atoms with van der Waals surface area (Å²) in [6.45, 7) is 9.55. The molecule has 0 heterocycles. The van der Waals surface area contributed by atoms with Crippen molar-refractivity contribution in [3.63, 3.8) is 0 Å². The van der Waals surface area contributed by atoms with Gasteiger partial charge in [-0.2, -0.15) is 0 Å². The van der Waals surface area contributed by atoms with Gasteiger partial charge in [0.05, 0.1) is 0 Å². The second-order valence-corrected chi connectivity index (χ2v) is 44.6. The van der Waals surface area contributed by atoms with Crippen molar-refractivity contribution in [2.45, 2.75) is 66.6 Å². The number of rotatable bonds is 4. The molecule has 0 saturated carbocycles. The molecule has 0 spiro atoms. The fourth-order valence-electron chi connectivity index (χ4n) is 4.51. The first kappa shape index (κ1) is 23.1. The minimum atomic E-state index is -3.01. The molecule has 0 N–H and O–H groups in total. The zero-order valence-electron chi connectivity index (χ0n) is 14.6. The van der Waals surface area contributed by atoms with Gasteiger partial charge in [-0.25, -0.2) is 0 Å². The molecule has 120 valence electrons. The average molecular weight is 374 g/mol. The molecule has 0 saturated heterocycles. The van der Waals surface area contributed by atoms with E-state index in [1.165, 1.54) is 6.04 Å². The second kappa shape index (κ2) is 6.12. The van der Waals surface area contributed by atoms with Crippen LogP contribution in [0.2, 0.25) is 27.0 Å². The Morgan fingerprint density at radius 3 is 1.95 bits per heavy atom. The van der Waals surface area contributed by atoms with Crippen molar-refractivity contribution >= 4 is 7.39 Å². The maximum absolute atomic E-state index is 3.01. The first-order chi connectivity index (χ1) is 7.80. The molecule has 1 aliphatic carbocycles. The Hall–Kier alpha value is 0.791. The molecule has 5 heteroatoms. The predicted octanol–water partition coefficient (Wildman–Crippen LogP) is -1.21. The quantitative estimate of drug-likeness (QED) is 0.559. The van der Waals surface area contributed by atoms with Crippen LogP contribution < -0.4 is 24.8 Å². The molecule has 1 rings (SSSR count). The van der Waals surface area contributed by atoms with Gasteiger partial charge in [0, 0.05) is 0 Å². The van der Waals surface area contributed by atoms with E-state index < -0.39 is 13.5 Å². The van der Waals surface area contributed by atoms with Crippen LogP contribution in [0.3, 0.4) is 0 Å². The van der Waals surface area contributed by atoms with Gasteiger partial charge in [-0.1, -0.05) is 0 Å². The standard InChI is InChI=1S/C9H14N.C2H7Si.4CH3.2ClH.Ti/c1-9(2,3)10-8-6-4-5-7-8;1-2-3;;;;;;;/h4-6H,7H2,1-3H3;2-3H2,1H3;4*1H3;2*1H;/q-1;;;;;;;;+3/p-2. The summed E-state index contributed by atoms with van der Waals surface area (Å²) in [5, 5.41) is 10.6. The van der Waals surface area contributed by atoms with Gasteiger partial charge in [0.25, 0.3) is 0 Å². The van der Waals surface area contributed by atoms with Crippen molar-refractivity contribution in [2.24, 2.45) is 0 Å². The van der Waals surface area contributed by atoms with Crippen LogP contribution in [0.5, 0.6) is 0 Å². The molecule has 0 atom stereocenters. The topological polar surface area (TPSA) is 3.24 Å². The van der Waals surface area contributed by atoms with Crippen molar-refractivity contribution in [1.82, 2.24) is 3.38 Å². The Morgan fingerprint density at radius 2 is 1.65 bits per heavy atom. The average Bonchev–Trinajstić information content (AvgIpc) is 2.49. The summed E-state index contributed by atoms with van der Waals surface area (Å²) in [4.78, 5) is 0. The van der Waals surface area contributed by atoms with E-state index in [1.807, 2.05) is 0 Å². The fourth-order valence-corrected chi connectivity index (χ4v) is 28.5. The molecule has 1 nitrogen and oxygen atoms in total. The van der Waals surface area contributed by atoms with Crippen molar-refractivity contribution in [2.75, 3.05) is 0 Å². The predicted molar refractivity (Wildman–Crippen MR) is 85.9 cm³/mol. The number of hydrogen-bond donors (Lipinski definition) is 0. The van der Waals surface area contributed by atoms with E-state index >= 15 is 0 Å². The smallest absolute Gasteiger partial charge is 1.00 e. The Morgan fingerprint density at radius 1 is 1.15 bits per heavy atom. The van der Waals surface area contributed by atoms with Gasteiger partial charge < -0.3 is 24.8 Å². The molecular weight excluding hydrogens is 341 g/mol. The third-order valence-corrected chi connectivity index (χ3v) is 25.7. The Balaban J connectivity index is 0. The summed E-state index contributed by atoms with van der Waals surface area (Å²) in [6, 6.07) is 1.41. The Bertz CT molecular complexity index is 401. The molecular formula is C15H33Cl2NSiTi. The van der Waals surface area contributed by atoms with Crippen LogP contribution in [0.15, 0.2) is 23.9 Å². The normalized spacial score (nSPS) is 17.1. The summed E-state index contributed by atoms with van der Waals surface area (Å²) >= 11 is -3.01. The molecule has 1 aliphatic rings. The minimum Gasteiger partial charge on any atom is -1.00 e. The monoisotopic (exact) mass is 373 g/mol. The van der Waals surface area contributed by atoms with E-state index in [0.29, 0.717) is 0 Å². The second-order valence-electron chi connectivity index (χ2n) is 10.0. The summed E-state index contributed by atoms with van der Waals surface area (Å²) in [6.07, 6.45) is 8.00. The van der Waals surface area contributed by atoms with E-state index in [0.717, 1.165) is 6.42 Å². The van der Waals surface area contributed by atoms with Crippen LogP contribution in [0.4, 0.5) is 0 Å². The van der Waals surface area contributed by atoms with Crippen LogP contribution in [0.25, 0.3) is 0 Å². The number of halogens is 2. The van der Waals surface area contributed by atoms with Crippen LogP contribution in [-0.2, 0) is 13.5 Å². The van der Waals surface area contributed by atoms with Gasteiger partial charge in [0.15, 0.2) is 0 Å². The van der Waals surface area contributed by atoms with Gasteiger partial charge in [0.1, 0.15) is 0 Å². The van der Waals surface area contributed by atoms with Gasteiger partial charge in [-0.3, -0.25) is 0 Å². The molecule has 20 heavy (non-hydrogen) atoms.